The lowest BCUT2D eigenvalue weighted by Gasteiger charge is -2.23. The second-order valence-electron chi connectivity index (χ2n) is 7.07. The molecule has 0 aliphatic carbocycles. The summed E-state index contributed by atoms with van der Waals surface area (Å²) in [6.45, 7) is 5.49. The highest BCUT2D eigenvalue weighted by Gasteiger charge is 2.48. The van der Waals surface area contributed by atoms with Crippen LogP contribution in [0.25, 0.3) is 0 Å². The van der Waals surface area contributed by atoms with Crippen LogP contribution in [0.1, 0.15) is 46.8 Å². The zero-order valence-corrected chi connectivity index (χ0v) is 20.1. The molecule has 0 bridgehead atoms. The molecule has 1 amide bonds. The van der Waals surface area contributed by atoms with E-state index in [4.69, 9.17) is 18.9 Å². The van der Waals surface area contributed by atoms with Gasteiger partial charge in [0.15, 0.2) is 24.3 Å². The topological polar surface area (TPSA) is 152 Å². The van der Waals surface area contributed by atoms with Crippen molar-refractivity contribution in [3.63, 3.8) is 0 Å². The molecule has 1 fully saturated rings. The van der Waals surface area contributed by atoms with Crippen molar-refractivity contribution in [3.8, 4) is 0 Å². The summed E-state index contributed by atoms with van der Waals surface area (Å²) in [4.78, 5) is 62.4. The minimum atomic E-state index is -1.10. The van der Waals surface area contributed by atoms with Gasteiger partial charge in [0.2, 0.25) is 0 Å². The van der Waals surface area contributed by atoms with Crippen molar-refractivity contribution < 1.29 is 38.1 Å². The van der Waals surface area contributed by atoms with Gasteiger partial charge in [-0.15, -0.1) is 0 Å². The molecule has 4 atom stereocenters. The fourth-order valence-electron chi connectivity index (χ4n) is 3.03. The summed E-state index contributed by atoms with van der Waals surface area (Å²) in [5.41, 5.74) is -0.796. The Labute approximate surface area is 197 Å². The van der Waals surface area contributed by atoms with Crippen LogP contribution in [0.15, 0.2) is 11.0 Å². The smallest absolute Gasteiger partial charge is 0.412 e. The van der Waals surface area contributed by atoms with Crippen LogP contribution in [-0.2, 0) is 33.3 Å². The Balaban J connectivity index is 2.19. The van der Waals surface area contributed by atoms with E-state index in [1.807, 2.05) is 22.6 Å². The van der Waals surface area contributed by atoms with Crippen molar-refractivity contribution in [2.45, 2.75) is 65.1 Å². The third-order valence-electron chi connectivity index (χ3n) is 4.33. The number of anilines is 1. The van der Waals surface area contributed by atoms with E-state index < -0.39 is 48.3 Å². The van der Waals surface area contributed by atoms with Crippen LogP contribution in [0.5, 0.6) is 0 Å². The van der Waals surface area contributed by atoms with Crippen molar-refractivity contribution >= 4 is 52.2 Å². The maximum absolute atomic E-state index is 12.7. The summed E-state index contributed by atoms with van der Waals surface area (Å²) < 4.78 is 22.7. The summed E-state index contributed by atoms with van der Waals surface area (Å²) in [5.74, 6) is -1.28. The van der Waals surface area contributed by atoms with Crippen LogP contribution < -0.4 is 11.0 Å². The highest BCUT2D eigenvalue weighted by molar-refractivity contribution is 14.1. The van der Waals surface area contributed by atoms with Gasteiger partial charge in [-0.05, 0) is 42.9 Å². The van der Waals surface area contributed by atoms with E-state index in [0.717, 1.165) is 4.57 Å². The summed E-state index contributed by atoms with van der Waals surface area (Å²) in [7, 11) is 0. The maximum atomic E-state index is 12.7. The SMILES string of the molecule is CC(=O)CCCOC(=O)Nc1nc(=O)n([C@@H]2O[C@H](C)[C@@H](OC(C)=O)[C@H]2OC(C)=O)cc1I. The Kier molecular flexibility index (Phi) is 9.12. The molecule has 1 saturated heterocycles. The molecule has 1 aromatic heterocycles. The lowest BCUT2D eigenvalue weighted by Crippen LogP contribution is -2.40. The van der Waals surface area contributed by atoms with E-state index in [0.29, 0.717) is 9.99 Å². The van der Waals surface area contributed by atoms with Crippen LogP contribution >= 0.6 is 22.6 Å². The molecule has 13 heteroatoms. The number of halogens is 1. The monoisotopic (exact) mass is 565 g/mol. The molecule has 0 spiro atoms. The maximum Gasteiger partial charge on any atom is 0.412 e. The number of hydrogen-bond acceptors (Lipinski definition) is 10. The van der Waals surface area contributed by atoms with Crippen molar-refractivity contribution in [2.24, 2.45) is 0 Å². The van der Waals surface area contributed by atoms with E-state index in [9.17, 15) is 24.0 Å². The van der Waals surface area contributed by atoms with Crippen molar-refractivity contribution in [1.29, 1.82) is 0 Å². The highest BCUT2D eigenvalue weighted by Crippen LogP contribution is 2.33. The van der Waals surface area contributed by atoms with Gasteiger partial charge in [-0.1, -0.05) is 0 Å². The number of esters is 2. The number of rotatable bonds is 8. The average Bonchev–Trinajstić information content (AvgIpc) is 2.96. The zero-order valence-electron chi connectivity index (χ0n) is 18.0. The van der Waals surface area contributed by atoms with Crippen LogP contribution in [0.2, 0.25) is 0 Å². The Bertz CT molecular complexity index is 948. The number of carbonyl (C=O) groups excluding carboxylic acids is 4. The minimum absolute atomic E-state index is 0.0136. The number of aromatic nitrogens is 2. The van der Waals surface area contributed by atoms with Gasteiger partial charge in [-0.2, -0.15) is 4.98 Å². The molecule has 0 aromatic carbocycles. The Morgan fingerprint density at radius 2 is 1.78 bits per heavy atom. The standard InChI is InChI=1S/C19H24IN3O9/c1-9(24)6-5-7-29-19(28)22-16-13(20)8-23(18(27)21-16)17-15(32-12(4)26)14(10(2)30-17)31-11(3)25/h8,10,14-15,17H,5-7H2,1-4H3,(H,21,22,27,28)/t10-,14-,15-,17-/m1/s1. The normalized spacial score (nSPS) is 22.2. The van der Waals surface area contributed by atoms with Crippen LogP contribution in [0.4, 0.5) is 10.6 Å². The van der Waals surface area contributed by atoms with Crippen LogP contribution in [-0.4, -0.2) is 58.3 Å². The quantitative estimate of drug-likeness (QED) is 0.213. The van der Waals surface area contributed by atoms with Gasteiger partial charge in [-0.3, -0.25) is 19.5 Å². The van der Waals surface area contributed by atoms with E-state index in [-0.39, 0.29) is 24.6 Å². The molecule has 0 radical (unpaired) electrons. The second-order valence-corrected chi connectivity index (χ2v) is 8.24. The van der Waals surface area contributed by atoms with Crippen molar-refractivity contribution in [2.75, 3.05) is 11.9 Å². The fourth-order valence-corrected chi connectivity index (χ4v) is 3.59. The first-order valence-corrected chi connectivity index (χ1v) is 10.8. The number of Topliss-reactive ketones (excluding diaryl/α,β-unsaturated/α-hetero) is 1. The molecule has 0 saturated carbocycles. The minimum Gasteiger partial charge on any atom is -0.456 e. The van der Waals surface area contributed by atoms with Crippen LogP contribution in [0, 0.1) is 3.57 Å². The van der Waals surface area contributed by atoms with Crippen molar-refractivity contribution in [3.05, 3.63) is 20.3 Å². The molecule has 1 N–H and O–H groups in total. The molecule has 2 heterocycles. The number of ether oxygens (including phenoxy) is 4. The van der Waals surface area contributed by atoms with Gasteiger partial charge in [0.25, 0.3) is 0 Å². The van der Waals surface area contributed by atoms with Crippen LogP contribution in [0.3, 0.4) is 0 Å². The lowest BCUT2D eigenvalue weighted by atomic mass is 10.1. The van der Waals surface area contributed by atoms with Gasteiger partial charge in [0, 0.05) is 26.5 Å². The molecular formula is C19H24IN3O9. The summed E-state index contributed by atoms with van der Waals surface area (Å²) >= 11 is 1.85. The average molecular weight is 565 g/mol. The Hall–Kier alpha value is -2.55. The first-order chi connectivity index (χ1) is 15.0. The molecular weight excluding hydrogens is 541 g/mol. The van der Waals surface area contributed by atoms with E-state index in [1.54, 1.807) is 6.92 Å². The van der Waals surface area contributed by atoms with E-state index >= 15 is 0 Å². The summed E-state index contributed by atoms with van der Waals surface area (Å²) in [5, 5.41) is 2.37. The number of carbonyl (C=O) groups is 4. The number of nitrogens with zero attached hydrogens (tertiary/aromatic N) is 2. The number of amides is 1. The number of nitrogens with one attached hydrogen (secondary N) is 1. The number of hydrogen-bond donors (Lipinski definition) is 1. The zero-order chi connectivity index (χ0) is 24.0. The molecule has 1 aliphatic rings. The highest BCUT2D eigenvalue weighted by atomic mass is 127. The van der Waals surface area contributed by atoms with E-state index in [2.05, 4.69) is 10.3 Å². The van der Waals surface area contributed by atoms with Gasteiger partial charge < -0.3 is 23.7 Å². The van der Waals surface area contributed by atoms with Gasteiger partial charge >= 0.3 is 23.7 Å². The molecule has 0 unspecified atom stereocenters. The molecule has 1 aliphatic heterocycles. The predicted octanol–water partition coefficient (Wildman–Crippen LogP) is 1.55. The third-order valence-corrected chi connectivity index (χ3v) is 5.12. The Morgan fingerprint density at radius 1 is 1.16 bits per heavy atom. The van der Waals surface area contributed by atoms with Crippen molar-refractivity contribution in [1.82, 2.24) is 9.55 Å². The molecule has 32 heavy (non-hydrogen) atoms. The first-order valence-electron chi connectivity index (χ1n) is 9.71. The predicted molar refractivity (Wildman–Crippen MR) is 117 cm³/mol. The lowest BCUT2D eigenvalue weighted by molar-refractivity contribution is -0.165. The van der Waals surface area contributed by atoms with Gasteiger partial charge in [0.1, 0.15) is 5.78 Å². The van der Waals surface area contributed by atoms with Gasteiger partial charge in [0.05, 0.1) is 16.3 Å². The molecule has 176 valence electrons. The van der Waals surface area contributed by atoms with E-state index in [1.165, 1.54) is 27.0 Å². The second kappa shape index (κ2) is 11.4. The Morgan fingerprint density at radius 3 is 2.38 bits per heavy atom. The fraction of sp³-hybridized carbons (Fsp3) is 0.579. The molecule has 2 rings (SSSR count). The largest absolute Gasteiger partial charge is 0.456 e. The molecule has 12 nitrogen and oxygen atoms in total. The first kappa shape index (κ1) is 25.7. The molecule has 1 aromatic rings. The van der Waals surface area contributed by atoms with Gasteiger partial charge in [-0.25, -0.2) is 9.59 Å². The number of ketones is 1. The summed E-state index contributed by atoms with van der Waals surface area (Å²) in [6.07, 6.45) is -2.55. The summed E-state index contributed by atoms with van der Waals surface area (Å²) in [6, 6.07) is 0. The third kappa shape index (κ3) is 6.98.